The fourth-order valence-corrected chi connectivity index (χ4v) is 2.91. The fraction of sp³-hybridized carbons (Fsp3) is 0.250. The predicted molar refractivity (Wildman–Crippen MR) is 119 cm³/mol. The summed E-state index contributed by atoms with van der Waals surface area (Å²) >= 11 is 0. The van der Waals surface area contributed by atoms with Crippen molar-refractivity contribution >= 4 is 17.8 Å². The van der Waals surface area contributed by atoms with Gasteiger partial charge in [-0.05, 0) is 42.3 Å². The van der Waals surface area contributed by atoms with Crippen LogP contribution >= 0.6 is 0 Å². The zero-order valence-electron chi connectivity index (χ0n) is 16.7. The molecule has 1 amide bonds. The second-order valence-corrected chi connectivity index (χ2v) is 6.81. The number of nitrogens with zero attached hydrogens (tertiary/aromatic N) is 2. The number of allylic oxidation sites excluding steroid dienone is 1. The van der Waals surface area contributed by atoms with E-state index in [2.05, 4.69) is 33.5 Å². The van der Waals surface area contributed by atoms with Crippen LogP contribution < -0.4 is 15.5 Å². The molecule has 0 aromatic heterocycles. The molecule has 0 atom stereocenters. The Kier molecular flexibility index (Phi) is 7.76. The molecular formula is C24H26N4O. The molecule has 1 aliphatic rings. The molecule has 1 heterocycles. The van der Waals surface area contributed by atoms with Crippen LogP contribution in [-0.2, 0) is 11.3 Å². The Morgan fingerprint density at radius 1 is 1.10 bits per heavy atom. The van der Waals surface area contributed by atoms with E-state index in [0.29, 0.717) is 0 Å². The van der Waals surface area contributed by atoms with Crippen molar-refractivity contribution in [2.75, 3.05) is 31.7 Å². The number of benzene rings is 2. The Morgan fingerprint density at radius 3 is 2.72 bits per heavy atom. The van der Waals surface area contributed by atoms with Gasteiger partial charge in [0.1, 0.15) is 0 Å². The van der Waals surface area contributed by atoms with Gasteiger partial charge in [-0.2, -0.15) is 0 Å². The first kappa shape index (κ1) is 20.5. The Morgan fingerprint density at radius 2 is 1.93 bits per heavy atom. The number of dihydropyridines is 1. The first-order valence-electron chi connectivity index (χ1n) is 9.75. The summed E-state index contributed by atoms with van der Waals surface area (Å²) < 4.78 is 0. The summed E-state index contributed by atoms with van der Waals surface area (Å²) in [5.74, 6) is 5.38. The third-order valence-corrected chi connectivity index (χ3v) is 4.60. The van der Waals surface area contributed by atoms with Crippen LogP contribution in [0.15, 0.2) is 71.2 Å². The van der Waals surface area contributed by atoms with Crippen molar-refractivity contribution in [2.24, 2.45) is 4.99 Å². The fourth-order valence-electron chi connectivity index (χ4n) is 2.91. The molecule has 0 bridgehead atoms. The van der Waals surface area contributed by atoms with Crippen molar-refractivity contribution in [3.05, 3.63) is 77.4 Å². The quantitative estimate of drug-likeness (QED) is 0.437. The van der Waals surface area contributed by atoms with Crippen molar-refractivity contribution in [3.8, 4) is 11.8 Å². The maximum absolute atomic E-state index is 12.4. The Balaban J connectivity index is 1.48. The van der Waals surface area contributed by atoms with Crippen LogP contribution in [0, 0.1) is 11.8 Å². The summed E-state index contributed by atoms with van der Waals surface area (Å²) in [5.41, 5.74) is 4.15. The molecule has 2 N–H and O–H groups in total. The first-order chi connectivity index (χ1) is 14.2. The summed E-state index contributed by atoms with van der Waals surface area (Å²) in [6, 6.07) is 17.4. The molecule has 2 aromatic rings. The topological polar surface area (TPSA) is 56.7 Å². The first-order valence-corrected chi connectivity index (χ1v) is 9.75. The Bertz CT molecular complexity index is 938. The van der Waals surface area contributed by atoms with Gasteiger partial charge in [0.25, 0.3) is 0 Å². The summed E-state index contributed by atoms with van der Waals surface area (Å²) in [5, 5.41) is 6.77. The number of aliphatic imine (C=N–C) groups is 1. The zero-order chi connectivity index (χ0) is 20.3. The molecule has 2 aromatic carbocycles. The molecular weight excluding hydrogens is 360 g/mol. The van der Waals surface area contributed by atoms with E-state index in [1.54, 1.807) is 11.9 Å². The lowest BCUT2D eigenvalue weighted by Gasteiger charge is -2.15. The minimum absolute atomic E-state index is 0.232. The van der Waals surface area contributed by atoms with Crippen molar-refractivity contribution in [1.82, 2.24) is 10.6 Å². The molecule has 0 fully saturated rings. The molecule has 0 saturated carbocycles. The number of rotatable bonds is 7. The molecule has 1 aliphatic heterocycles. The third-order valence-electron chi connectivity index (χ3n) is 4.60. The van der Waals surface area contributed by atoms with E-state index in [-0.39, 0.29) is 5.91 Å². The minimum atomic E-state index is -0.232. The summed E-state index contributed by atoms with van der Waals surface area (Å²) in [7, 11) is 1.75. The smallest absolute Gasteiger partial charge is 0.302 e. The van der Waals surface area contributed by atoms with Gasteiger partial charge in [0.2, 0.25) is 0 Å². The number of anilines is 1. The summed E-state index contributed by atoms with van der Waals surface area (Å²) in [6.07, 6.45) is 4.98. The van der Waals surface area contributed by atoms with Gasteiger partial charge in [-0.1, -0.05) is 41.8 Å². The van der Waals surface area contributed by atoms with E-state index in [1.807, 2.05) is 60.8 Å². The molecule has 0 radical (unpaired) electrons. The average Bonchev–Trinajstić information content (AvgIpc) is 2.78. The van der Waals surface area contributed by atoms with Gasteiger partial charge in [-0.25, -0.2) is 0 Å². The Labute approximate surface area is 172 Å². The third kappa shape index (κ3) is 6.72. The molecule has 0 aliphatic carbocycles. The maximum Gasteiger partial charge on any atom is 0.302 e. The van der Waals surface area contributed by atoms with E-state index < -0.39 is 0 Å². The number of nitrogens with one attached hydrogen (secondary N) is 2. The second-order valence-electron chi connectivity index (χ2n) is 6.81. The lowest BCUT2D eigenvalue weighted by molar-refractivity contribution is -0.113. The average molecular weight is 386 g/mol. The second kappa shape index (κ2) is 11.0. The van der Waals surface area contributed by atoms with Crippen LogP contribution in [0.5, 0.6) is 0 Å². The lowest BCUT2D eigenvalue weighted by Crippen LogP contribution is -2.30. The number of hydrogen-bond donors (Lipinski definition) is 2. The standard InChI is InChI=1S/C24H26N4O/c1-28(24(29)11-10-20-6-3-2-4-7-20)23-9-5-8-22(16-23)18-27-19-26-17-21-12-14-25-15-13-21/h2-9,12,14,16,26-27H,13,15,17-19H2,1H3. The van der Waals surface area contributed by atoms with Crippen LogP contribution in [0.3, 0.4) is 0 Å². The van der Waals surface area contributed by atoms with Gasteiger partial charge < -0.3 is 15.5 Å². The highest BCUT2D eigenvalue weighted by atomic mass is 16.2. The molecule has 148 valence electrons. The van der Waals surface area contributed by atoms with Gasteiger partial charge in [0.05, 0.1) is 0 Å². The number of carbonyl (C=O) groups excluding carboxylic acids is 1. The predicted octanol–water partition coefficient (Wildman–Crippen LogP) is 2.74. The van der Waals surface area contributed by atoms with Crippen LogP contribution in [0.4, 0.5) is 5.69 Å². The van der Waals surface area contributed by atoms with E-state index >= 15 is 0 Å². The SMILES string of the molecule is CN(C(=O)C#Cc1ccccc1)c1cccc(CNCNCC2=CC=NCC2)c1. The number of hydrogen-bond acceptors (Lipinski definition) is 4. The van der Waals surface area contributed by atoms with Crippen LogP contribution in [0.2, 0.25) is 0 Å². The molecule has 0 unspecified atom stereocenters. The van der Waals surface area contributed by atoms with Gasteiger partial charge >= 0.3 is 5.91 Å². The zero-order valence-corrected chi connectivity index (χ0v) is 16.7. The number of carbonyl (C=O) groups is 1. The maximum atomic E-state index is 12.4. The van der Waals surface area contributed by atoms with Gasteiger partial charge in [-0.15, -0.1) is 0 Å². The lowest BCUT2D eigenvalue weighted by atomic mass is 10.1. The highest BCUT2D eigenvalue weighted by Gasteiger charge is 2.08. The highest BCUT2D eigenvalue weighted by molar-refractivity contribution is 6.05. The normalized spacial score (nSPS) is 12.7. The highest BCUT2D eigenvalue weighted by Crippen LogP contribution is 2.15. The van der Waals surface area contributed by atoms with E-state index in [9.17, 15) is 4.79 Å². The van der Waals surface area contributed by atoms with Gasteiger partial charge in [-0.3, -0.25) is 9.79 Å². The van der Waals surface area contributed by atoms with Crippen molar-refractivity contribution < 1.29 is 4.79 Å². The molecule has 0 saturated heterocycles. The van der Waals surface area contributed by atoms with E-state index in [1.165, 1.54) is 5.57 Å². The molecule has 5 nitrogen and oxygen atoms in total. The molecule has 5 heteroatoms. The summed E-state index contributed by atoms with van der Waals surface area (Å²) in [4.78, 5) is 18.2. The van der Waals surface area contributed by atoms with Crippen molar-refractivity contribution in [3.63, 3.8) is 0 Å². The monoisotopic (exact) mass is 386 g/mol. The molecule has 29 heavy (non-hydrogen) atoms. The van der Waals surface area contributed by atoms with Crippen LogP contribution in [-0.4, -0.2) is 38.9 Å². The van der Waals surface area contributed by atoms with E-state index in [4.69, 9.17) is 0 Å². The minimum Gasteiger partial charge on any atom is -0.305 e. The van der Waals surface area contributed by atoms with Crippen molar-refractivity contribution in [2.45, 2.75) is 13.0 Å². The Hall–Kier alpha value is -3.20. The van der Waals surface area contributed by atoms with Gasteiger partial charge in [0, 0.05) is 56.7 Å². The van der Waals surface area contributed by atoms with Crippen molar-refractivity contribution in [1.29, 1.82) is 0 Å². The molecule has 0 spiro atoms. The summed E-state index contributed by atoms with van der Waals surface area (Å²) in [6.45, 7) is 3.20. The number of amides is 1. The van der Waals surface area contributed by atoms with Gasteiger partial charge in [0.15, 0.2) is 0 Å². The van der Waals surface area contributed by atoms with E-state index in [0.717, 1.165) is 49.5 Å². The molecule has 3 rings (SSSR count). The van der Waals surface area contributed by atoms with Crippen LogP contribution in [0.25, 0.3) is 0 Å². The largest absolute Gasteiger partial charge is 0.305 e. The van der Waals surface area contributed by atoms with Crippen LogP contribution in [0.1, 0.15) is 17.5 Å².